The summed E-state index contributed by atoms with van der Waals surface area (Å²) in [6.45, 7) is 7.02. The number of rotatable bonds is 8. The molecule has 4 rings (SSSR count). The second-order valence-corrected chi connectivity index (χ2v) is 10.1. The number of amides is 1. The number of piperidine rings is 1. The van der Waals surface area contributed by atoms with Gasteiger partial charge in [-0.15, -0.1) is 0 Å². The average Bonchev–Trinajstić information content (AvgIpc) is 2.81. The molecule has 34 heavy (non-hydrogen) atoms. The highest BCUT2D eigenvalue weighted by Gasteiger charge is 2.35. The molecule has 1 aromatic carbocycles. The number of hydrogen-bond donors (Lipinski definition) is 3. The van der Waals surface area contributed by atoms with E-state index in [1.807, 2.05) is 18.2 Å². The molecule has 6 nitrogen and oxygen atoms in total. The van der Waals surface area contributed by atoms with Crippen LogP contribution in [-0.4, -0.2) is 33.7 Å². The average molecular weight is 462 g/mol. The zero-order chi connectivity index (χ0) is 24.2. The molecule has 2 aliphatic rings. The number of pyridine rings is 1. The third kappa shape index (κ3) is 5.17. The number of fused-ring (bicyclic) bond motifs is 1. The van der Waals surface area contributed by atoms with Crippen LogP contribution in [0.1, 0.15) is 87.9 Å². The van der Waals surface area contributed by atoms with Gasteiger partial charge in [-0.3, -0.25) is 15.1 Å². The molecular weight excluding hydrogens is 422 g/mol. The number of unbranched alkanes of at least 4 members (excludes halogenated alkanes) is 1. The van der Waals surface area contributed by atoms with Gasteiger partial charge in [0, 0.05) is 41.8 Å². The largest absolute Gasteiger partial charge is 0.382 e. The van der Waals surface area contributed by atoms with Gasteiger partial charge in [-0.25, -0.2) is 4.98 Å². The van der Waals surface area contributed by atoms with Crippen molar-refractivity contribution in [2.24, 2.45) is 11.7 Å². The van der Waals surface area contributed by atoms with Crippen molar-refractivity contribution in [1.82, 2.24) is 9.88 Å². The number of carbonyl (C=O) groups is 1. The van der Waals surface area contributed by atoms with Gasteiger partial charge in [-0.05, 0) is 68.9 Å². The summed E-state index contributed by atoms with van der Waals surface area (Å²) in [5.41, 5.74) is 10.5. The van der Waals surface area contributed by atoms with Gasteiger partial charge in [-0.1, -0.05) is 44.4 Å². The Hall–Kier alpha value is -2.73. The molecule has 0 radical (unpaired) electrons. The molecule has 2 aromatic rings. The summed E-state index contributed by atoms with van der Waals surface area (Å²) in [5.74, 6) is -0.193. The molecular formula is C28H39N5O. The first-order chi connectivity index (χ1) is 16.4. The minimum absolute atomic E-state index is 0.0458. The molecule has 1 aromatic heterocycles. The summed E-state index contributed by atoms with van der Waals surface area (Å²) in [5, 5.41) is 10.9. The summed E-state index contributed by atoms with van der Waals surface area (Å²) < 4.78 is 0. The number of nitrogens with zero attached hydrogens (tertiary/aromatic N) is 2. The van der Waals surface area contributed by atoms with Crippen LogP contribution in [0, 0.1) is 11.3 Å². The van der Waals surface area contributed by atoms with Gasteiger partial charge in [0.2, 0.25) is 5.91 Å². The number of likely N-dealkylation sites (tertiary alicyclic amines) is 1. The third-order valence-corrected chi connectivity index (χ3v) is 7.64. The topological polar surface area (TPSA) is 95.1 Å². The van der Waals surface area contributed by atoms with E-state index < -0.39 is 0 Å². The molecule has 4 unspecified atom stereocenters. The minimum Gasteiger partial charge on any atom is -0.382 e. The Morgan fingerprint density at radius 2 is 1.94 bits per heavy atom. The van der Waals surface area contributed by atoms with Crippen LogP contribution < -0.4 is 11.1 Å². The van der Waals surface area contributed by atoms with Crippen molar-refractivity contribution in [3.63, 3.8) is 0 Å². The molecule has 0 bridgehead atoms. The fraction of sp³-hybridized carbons (Fsp3) is 0.536. The van der Waals surface area contributed by atoms with E-state index >= 15 is 0 Å². The number of anilines is 1. The van der Waals surface area contributed by atoms with Gasteiger partial charge in [-0.2, -0.15) is 0 Å². The molecule has 3 heterocycles. The molecule has 0 spiro atoms. The number of amidine groups is 1. The zero-order valence-corrected chi connectivity index (χ0v) is 20.8. The lowest BCUT2D eigenvalue weighted by Gasteiger charge is -2.45. The maximum Gasteiger partial charge on any atom is 0.228 e. The fourth-order valence-corrected chi connectivity index (χ4v) is 5.91. The first kappa shape index (κ1) is 24.4. The zero-order valence-electron chi connectivity index (χ0n) is 20.8. The molecule has 0 aliphatic carbocycles. The number of nitrogens with two attached hydrogens (primary N) is 1. The van der Waals surface area contributed by atoms with Gasteiger partial charge in [0.15, 0.2) is 0 Å². The van der Waals surface area contributed by atoms with Gasteiger partial charge < -0.3 is 11.1 Å². The predicted octanol–water partition coefficient (Wildman–Crippen LogP) is 5.21. The predicted molar refractivity (Wildman–Crippen MR) is 138 cm³/mol. The van der Waals surface area contributed by atoms with Gasteiger partial charge in [0.1, 0.15) is 11.5 Å². The quantitative estimate of drug-likeness (QED) is 0.371. The van der Waals surface area contributed by atoms with Gasteiger partial charge in [0.25, 0.3) is 0 Å². The first-order valence-electron chi connectivity index (χ1n) is 12.9. The Morgan fingerprint density at radius 1 is 1.21 bits per heavy atom. The lowest BCUT2D eigenvalue weighted by atomic mass is 9.82. The van der Waals surface area contributed by atoms with Gasteiger partial charge in [0.05, 0.1) is 0 Å². The number of hydrogen-bond acceptors (Lipinski definition) is 4. The molecule has 2 aliphatic heterocycles. The summed E-state index contributed by atoms with van der Waals surface area (Å²) in [7, 11) is 0. The van der Waals surface area contributed by atoms with E-state index in [9.17, 15) is 4.79 Å². The van der Waals surface area contributed by atoms with E-state index in [1.54, 1.807) is 6.07 Å². The van der Waals surface area contributed by atoms with E-state index in [1.165, 1.54) is 43.2 Å². The van der Waals surface area contributed by atoms with Crippen LogP contribution in [0.15, 0.2) is 36.4 Å². The summed E-state index contributed by atoms with van der Waals surface area (Å²) in [4.78, 5) is 20.3. The Balaban J connectivity index is 1.65. The monoisotopic (exact) mass is 461 g/mol. The minimum atomic E-state index is -0.189. The van der Waals surface area contributed by atoms with Crippen LogP contribution in [0.2, 0.25) is 0 Å². The number of carbonyl (C=O) groups excluding carboxylic acids is 1. The molecule has 4 atom stereocenters. The normalized spacial score (nSPS) is 23.7. The second kappa shape index (κ2) is 10.7. The Kier molecular flexibility index (Phi) is 7.67. The van der Waals surface area contributed by atoms with Gasteiger partial charge >= 0.3 is 0 Å². The van der Waals surface area contributed by atoms with Crippen LogP contribution in [-0.2, 0) is 17.6 Å². The molecule has 1 fully saturated rings. The highest BCUT2D eigenvalue weighted by molar-refractivity contribution is 5.96. The Morgan fingerprint density at radius 3 is 2.65 bits per heavy atom. The highest BCUT2D eigenvalue weighted by atomic mass is 16.1. The van der Waals surface area contributed by atoms with E-state index in [0.29, 0.717) is 36.7 Å². The van der Waals surface area contributed by atoms with E-state index in [4.69, 9.17) is 11.1 Å². The van der Waals surface area contributed by atoms with Crippen molar-refractivity contribution >= 4 is 17.4 Å². The fourth-order valence-electron chi connectivity index (χ4n) is 5.91. The first-order valence-corrected chi connectivity index (χ1v) is 12.9. The van der Waals surface area contributed by atoms with Crippen molar-refractivity contribution in [3.8, 4) is 0 Å². The van der Waals surface area contributed by atoms with E-state index in [-0.39, 0.29) is 17.7 Å². The van der Waals surface area contributed by atoms with E-state index in [0.717, 1.165) is 17.8 Å². The smallest absolute Gasteiger partial charge is 0.228 e. The number of aromatic nitrogens is 1. The van der Waals surface area contributed by atoms with Crippen molar-refractivity contribution < 1.29 is 4.79 Å². The highest BCUT2D eigenvalue weighted by Crippen LogP contribution is 2.40. The van der Waals surface area contributed by atoms with Crippen LogP contribution in [0.3, 0.4) is 0 Å². The van der Waals surface area contributed by atoms with Crippen molar-refractivity contribution in [3.05, 3.63) is 58.9 Å². The van der Waals surface area contributed by atoms with Crippen molar-refractivity contribution in [1.29, 1.82) is 5.41 Å². The summed E-state index contributed by atoms with van der Waals surface area (Å²) >= 11 is 0. The molecule has 1 saturated heterocycles. The third-order valence-electron chi connectivity index (χ3n) is 7.64. The molecule has 4 N–H and O–H groups in total. The Bertz CT molecular complexity index is 1030. The van der Waals surface area contributed by atoms with Crippen LogP contribution >= 0.6 is 0 Å². The van der Waals surface area contributed by atoms with Crippen molar-refractivity contribution in [2.75, 3.05) is 5.32 Å². The standard InChI is InChI=1S/C28H39N5O/c1-4-5-15-26(33-18(2)9-6-10-19(33)3)22-12-8-13-24-23(22)17-20(28(34)32-24)16-21-11-7-14-25(31-21)27(29)30/h7-8,11-14,18-20,26H,4-6,9-10,15-17H2,1-3H3,(H3,29,30)(H,32,34). The summed E-state index contributed by atoms with van der Waals surface area (Å²) in [6.07, 6.45) is 8.57. The number of nitrogens with one attached hydrogen (secondary N) is 2. The lowest BCUT2D eigenvalue weighted by molar-refractivity contribution is -0.120. The lowest BCUT2D eigenvalue weighted by Crippen LogP contribution is -2.46. The van der Waals surface area contributed by atoms with Crippen LogP contribution in [0.4, 0.5) is 5.69 Å². The Labute approximate surface area is 203 Å². The second-order valence-electron chi connectivity index (χ2n) is 10.1. The molecule has 6 heteroatoms. The molecule has 1 amide bonds. The van der Waals surface area contributed by atoms with Crippen LogP contribution in [0.25, 0.3) is 0 Å². The maximum absolute atomic E-state index is 13.0. The van der Waals surface area contributed by atoms with Crippen molar-refractivity contribution in [2.45, 2.75) is 90.3 Å². The van der Waals surface area contributed by atoms with Crippen LogP contribution in [0.5, 0.6) is 0 Å². The molecule has 182 valence electrons. The maximum atomic E-state index is 13.0. The number of nitrogen functional groups attached to an aromatic ring is 1. The number of benzene rings is 1. The SMILES string of the molecule is CCCCC(c1cccc2c1CC(Cc1cccc(C(=N)N)n1)C(=O)N2)N1C(C)CCCC1C. The van der Waals surface area contributed by atoms with E-state index in [2.05, 4.69) is 48.1 Å². The molecule has 0 saturated carbocycles. The summed E-state index contributed by atoms with van der Waals surface area (Å²) in [6, 6.07) is 13.4.